The molecule has 0 spiro atoms. The van der Waals surface area contributed by atoms with Gasteiger partial charge in [0, 0.05) is 13.2 Å². The molecule has 0 amide bonds. The fraction of sp³-hybridized carbons (Fsp3) is 0.0769. The normalized spacial score (nSPS) is 11.6. The van der Waals surface area contributed by atoms with Gasteiger partial charge in [0.15, 0.2) is 5.78 Å². The molecule has 0 N–H and O–H groups in total. The summed E-state index contributed by atoms with van der Waals surface area (Å²) in [5, 5.41) is 3.94. The summed E-state index contributed by atoms with van der Waals surface area (Å²) in [4.78, 5) is 11.6. The summed E-state index contributed by atoms with van der Waals surface area (Å²) < 4.78 is 6.71. The fourth-order valence-corrected chi connectivity index (χ4v) is 1.32. The lowest BCUT2D eigenvalue weighted by Gasteiger charge is -1.86. The number of carbonyl (C=O) groups excluding carboxylic acids is 1. The topological polar surface area (TPSA) is 48.0 Å². The molecule has 0 saturated carbocycles. The van der Waals surface area contributed by atoms with E-state index in [4.69, 9.17) is 4.42 Å². The molecule has 0 radical (unpaired) electrons. The minimum absolute atomic E-state index is 0.0674. The third kappa shape index (κ3) is 3.04. The van der Waals surface area contributed by atoms with Crippen molar-refractivity contribution in [3.05, 3.63) is 60.3 Å². The van der Waals surface area contributed by atoms with Crippen LogP contribution in [0.1, 0.15) is 16.1 Å². The molecule has 0 atom stereocenters. The Labute approximate surface area is 98.9 Å². The van der Waals surface area contributed by atoms with Crippen LogP contribution in [0.25, 0.3) is 6.08 Å². The maximum absolute atomic E-state index is 11.6. The van der Waals surface area contributed by atoms with Crippen LogP contribution in [0.5, 0.6) is 0 Å². The first-order chi connectivity index (χ1) is 8.25. The smallest absolute Gasteiger partial charge is 0.188 e. The van der Waals surface area contributed by atoms with Gasteiger partial charge in [0.1, 0.15) is 5.76 Å². The Balaban J connectivity index is 1.95. The molecule has 0 aliphatic rings. The Kier molecular flexibility index (Phi) is 3.35. The van der Waals surface area contributed by atoms with Gasteiger partial charge in [-0.25, -0.2) is 0 Å². The van der Waals surface area contributed by atoms with Gasteiger partial charge >= 0.3 is 0 Å². The van der Waals surface area contributed by atoms with Crippen LogP contribution < -0.4 is 0 Å². The molecule has 86 valence electrons. The van der Waals surface area contributed by atoms with Crippen molar-refractivity contribution < 1.29 is 9.21 Å². The average Bonchev–Trinajstić information content (AvgIpc) is 2.95. The monoisotopic (exact) mass is 228 g/mol. The lowest BCUT2D eigenvalue weighted by atomic mass is 10.2. The first-order valence-corrected chi connectivity index (χ1v) is 5.17. The standard InChI is InChI=1S/C13H12N2O2/c1-15-10-11(9-14-15)13(16)7-3-2-5-12-6-4-8-17-12/h2-10H,1H3/b5-2+,7-3+. The Morgan fingerprint density at radius 3 is 3.00 bits per heavy atom. The molecular formula is C13H12N2O2. The summed E-state index contributed by atoms with van der Waals surface area (Å²) in [7, 11) is 1.78. The summed E-state index contributed by atoms with van der Waals surface area (Å²) >= 11 is 0. The number of hydrogen-bond acceptors (Lipinski definition) is 3. The number of hydrogen-bond donors (Lipinski definition) is 0. The van der Waals surface area contributed by atoms with Gasteiger partial charge in [0.2, 0.25) is 0 Å². The Hall–Kier alpha value is -2.36. The van der Waals surface area contributed by atoms with Gasteiger partial charge in [-0.2, -0.15) is 5.10 Å². The van der Waals surface area contributed by atoms with E-state index >= 15 is 0 Å². The molecule has 2 rings (SSSR count). The van der Waals surface area contributed by atoms with Crippen molar-refractivity contribution in [2.75, 3.05) is 0 Å². The molecule has 17 heavy (non-hydrogen) atoms. The highest BCUT2D eigenvalue weighted by atomic mass is 16.3. The third-order valence-electron chi connectivity index (χ3n) is 2.15. The molecule has 0 fully saturated rings. The van der Waals surface area contributed by atoms with Crippen LogP contribution in [-0.2, 0) is 7.05 Å². The summed E-state index contributed by atoms with van der Waals surface area (Å²) in [5.74, 6) is 0.686. The summed E-state index contributed by atoms with van der Waals surface area (Å²) in [6.45, 7) is 0. The zero-order valence-corrected chi connectivity index (χ0v) is 9.41. The number of furan rings is 1. The minimum Gasteiger partial charge on any atom is -0.465 e. The Morgan fingerprint density at radius 2 is 2.35 bits per heavy atom. The average molecular weight is 228 g/mol. The van der Waals surface area contributed by atoms with Crippen LogP contribution in [-0.4, -0.2) is 15.6 Å². The van der Waals surface area contributed by atoms with Crippen molar-refractivity contribution >= 4 is 11.9 Å². The number of ketones is 1. The summed E-state index contributed by atoms with van der Waals surface area (Å²) in [6, 6.07) is 3.65. The van der Waals surface area contributed by atoms with Gasteiger partial charge in [-0.3, -0.25) is 9.48 Å². The van der Waals surface area contributed by atoms with E-state index in [-0.39, 0.29) is 5.78 Å². The van der Waals surface area contributed by atoms with Gasteiger partial charge in [0.05, 0.1) is 18.0 Å². The minimum atomic E-state index is -0.0674. The van der Waals surface area contributed by atoms with Gasteiger partial charge in [-0.1, -0.05) is 12.2 Å². The van der Waals surface area contributed by atoms with Crippen molar-refractivity contribution in [1.82, 2.24) is 9.78 Å². The predicted molar refractivity (Wildman–Crippen MR) is 64.4 cm³/mol. The van der Waals surface area contributed by atoms with Crippen molar-refractivity contribution in [2.45, 2.75) is 0 Å². The van der Waals surface area contributed by atoms with E-state index in [1.807, 2.05) is 12.1 Å². The maximum atomic E-state index is 11.6. The quantitative estimate of drug-likeness (QED) is 0.459. The molecule has 0 aliphatic carbocycles. The lowest BCUT2D eigenvalue weighted by molar-refractivity contribution is 0.104. The number of aryl methyl sites for hydroxylation is 1. The van der Waals surface area contributed by atoms with E-state index in [0.29, 0.717) is 5.56 Å². The predicted octanol–water partition coefficient (Wildman–Crippen LogP) is 2.47. The molecule has 2 heterocycles. The number of rotatable bonds is 4. The van der Waals surface area contributed by atoms with Gasteiger partial charge in [0.25, 0.3) is 0 Å². The van der Waals surface area contributed by atoms with Gasteiger partial charge in [-0.15, -0.1) is 0 Å². The summed E-state index contributed by atoms with van der Waals surface area (Å²) in [6.07, 6.45) is 11.5. The highest BCUT2D eigenvalue weighted by molar-refractivity contribution is 6.04. The van der Waals surface area contributed by atoms with Crippen LogP contribution in [0.2, 0.25) is 0 Å². The van der Waals surface area contributed by atoms with Crippen LogP contribution in [0, 0.1) is 0 Å². The molecule has 0 saturated heterocycles. The molecule has 0 bridgehead atoms. The molecule has 0 aromatic carbocycles. The van der Waals surface area contributed by atoms with Crippen LogP contribution in [0.15, 0.2) is 53.4 Å². The number of nitrogens with zero attached hydrogens (tertiary/aromatic N) is 2. The highest BCUT2D eigenvalue weighted by Crippen LogP contribution is 2.03. The third-order valence-corrected chi connectivity index (χ3v) is 2.15. The Morgan fingerprint density at radius 1 is 1.47 bits per heavy atom. The van der Waals surface area contributed by atoms with E-state index in [1.165, 1.54) is 6.08 Å². The number of allylic oxidation sites excluding steroid dienone is 3. The van der Waals surface area contributed by atoms with E-state index in [2.05, 4.69) is 5.10 Å². The largest absolute Gasteiger partial charge is 0.465 e. The van der Waals surface area contributed by atoms with E-state index in [0.717, 1.165) is 5.76 Å². The molecular weight excluding hydrogens is 216 g/mol. The maximum Gasteiger partial charge on any atom is 0.188 e. The van der Waals surface area contributed by atoms with Crippen molar-refractivity contribution in [2.24, 2.45) is 7.05 Å². The van der Waals surface area contributed by atoms with Crippen molar-refractivity contribution in [1.29, 1.82) is 0 Å². The number of carbonyl (C=O) groups is 1. The molecule has 2 aromatic heterocycles. The van der Waals surface area contributed by atoms with Crippen molar-refractivity contribution in [3.63, 3.8) is 0 Å². The van der Waals surface area contributed by atoms with Gasteiger partial charge in [-0.05, 0) is 24.3 Å². The zero-order valence-electron chi connectivity index (χ0n) is 9.41. The van der Waals surface area contributed by atoms with Gasteiger partial charge < -0.3 is 4.42 Å². The van der Waals surface area contributed by atoms with Crippen LogP contribution >= 0.6 is 0 Å². The number of aromatic nitrogens is 2. The second-order valence-corrected chi connectivity index (χ2v) is 3.50. The highest BCUT2D eigenvalue weighted by Gasteiger charge is 2.02. The molecule has 0 aliphatic heterocycles. The van der Waals surface area contributed by atoms with Crippen molar-refractivity contribution in [3.8, 4) is 0 Å². The molecule has 4 heteroatoms. The first-order valence-electron chi connectivity index (χ1n) is 5.17. The fourth-order valence-electron chi connectivity index (χ4n) is 1.32. The van der Waals surface area contributed by atoms with E-state index in [1.54, 1.807) is 48.6 Å². The van der Waals surface area contributed by atoms with Crippen LogP contribution in [0.4, 0.5) is 0 Å². The first kappa shape index (κ1) is 11.1. The van der Waals surface area contributed by atoms with E-state index < -0.39 is 0 Å². The molecule has 2 aromatic rings. The van der Waals surface area contributed by atoms with Crippen LogP contribution in [0.3, 0.4) is 0 Å². The van der Waals surface area contributed by atoms with E-state index in [9.17, 15) is 4.79 Å². The Bertz CT molecular complexity index is 548. The second-order valence-electron chi connectivity index (χ2n) is 3.50. The zero-order chi connectivity index (χ0) is 12.1. The second kappa shape index (κ2) is 5.12. The molecule has 0 unspecified atom stereocenters. The molecule has 4 nitrogen and oxygen atoms in total. The SMILES string of the molecule is Cn1cc(C(=O)/C=C/C=C/c2ccco2)cn1. The summed E-state index contributed by atoms with van der Waals surface area (Å²) in [5.41, 5.74) is 0.579. The lowest BCUT2D eigenvalue weighted by Crippen LogP contribution is -1.91.